The minimum Gasteiger partial charge on any atom is -0.378 e. The van der Waals surface area contributed by atoms with Crippen LogP contribution in [-0.4, -0.2) is 28.2 Å². The predicted octanol–water partition coefficient (Wildman–Crippen LogP) is 7.62. The summed E-state index contributed by atoms with van der Waals surface area (Å²) in [6.45, 7) is 12.0. The lowest BCUT2D eigenvalue weighted by Crippen LogP contribution is -2.12. The van der Waals surface area contributed by atoms with E-state index < -0.39 is 0 Å². The standard InChI is InChI=1S/C21H22N2.3C2H6/c1-22(2)16-8-9-17-15(13-16)12-14-6-5-7-19-20(23(3)4)11-10-18(17)21(14)19;3*1-2/h5-11,13H,12H2,1-4H3;3*1-2H3. The first-order valence-electron chi connectivity index (χ1n) is 11.1. The van der Waals surface area contributed by atoms with Gasteiger partial charge >= 0.3 is 0 Å². The van der Waals surface area contributed by atoms with Gasteiger partial charge in [0.1, 0.15) is 0 Å². The van der Waals surface area contributed by atoms with E-state index in [1.165, 1.54) is 44.4 Å². The third-order valence-electron chi connectivity index (χ3n) is 4.86. The summed E-state index contributed by atoms with van der Waals surface area (Å²) in [5.74, 6) is 0. The van der Waals surface area contributed by atoms with Crippen molar-refractivity contribution in [3.63, 3.8) is 0 Å². The van der Waals surface area contributed by atoms with Crippen molar-refractivity contribution >= 4 is 22.1 Å². The molecule has 3 aromatic rings. The maximum atomic E-state index is 2.33. The lowest BCUT2D eigenvalue weighted by Gasteiger charge is -2.25. The Morgan fingerprint density at radius 1 is 0.621 bits per heavy atom. The largest absolute Gasteiger partial charge is 0.378 e. The molecule has 0 amide bonds. The molecular formula is C27H40N2. The van der Waals surface area contributed by atoms with Crippen molar-refractivity contribution in [2.24, 2.45) is 0 Å². The third kappa shape index (κ3) is 4.93. The van der Waals surface area contributed by atoms with Gasteiger partial charge in [-0.05, 0) is 52.3 Å². The van der Waals surface area contributed by atoms with E-state index in [1.54, 1.807) is 0 Å². The molecule has 0 N–H and O–H groups in total. The molecule has 0 unspecified atom stereocenters. The molecule has 3 aromatic carbocycles. The predicted molar refractivity (Wildman–Crippen MR) is 135 cm³/mol. The van der Waals surface area contributed by atoms with E-state index in [0.717, 1.165) is 6.42 Å². The quantitative estimate of drug-likeness (QED) is 0.346. The summed E-state index contributed by atoms with van der Waals surface area (Å²) in [5, 5.41) is 2.77. The minimum atomic E-state index is 1.01. The van der Waals surface area contributed by atoms with Gasteiger partial charge in [0.05, 0.1) is 0 Å². The molecule has 4 rings (SSSR count). The number of nitrogens with zero attached hydrogens (tertiary/aromatic N) is 2. The molecule has 0 saturated carbocycles. The normalized spacial score (nSPS) is 10.3. The van der Waals surface area contributed by atoms with E-state index in [1.807, 2.05) is 41.5 Å². The van der Waals surface area contributed by atoms with Gasteiger partial charge in [-0.25, -0.2) is 0 Å². The summed E-state index contributed by atoms with van der Waals surface area (Å²) in [7, 11) is 8.43. The lowest BCUT2D eigenvalue weighted by molar-refractivity contribution is 1.11. The molecule has 0 heterocycles. The second-order valence-electron chi connectivity index (χ2n) is 6.78. The topological polar surface area (TPSA) is 6.48 Å². The first-order chi connectivity index (χ1) is 14.1. The van der Waals surface area contributed by atoms with Crippen LogP contribution in [0, 0.1) is 0 Å². The molecule has 0 aliphatic heterocycles. The lowest BCUT2D eigenvalue weighted by atomic mass is 9.83. The summed E-state index contributed by atoms with van der Waals surface area (Å²) in [5.41, 5.74) is 8.17. The summed E-state index contributed by atoms with van der Waals surface area (Å²) in [4.78, 5) is 4.37. The maximum absolute atomic E-state index is 2.33. The van der Waals surface area contributed by atoms with Crippen LogP contribution >= 0.6 is 0 Å². The number of rotatable bonds is 2. The van der Waals surface area contributed by atoms with Gasteiger partial charge in [0.25, 0.3) is 0 Å². The van der Waals surface area contributed by atoms with Crippen LogP contribution in [0.3, 0.4) is 0 Å². The van der Waals surface area contributed by atoms with E-state index in [4.69, 9.17) is 0 Å². The molecule has 0 atom stereocenters. The maximum Gasteiger partial charge on any atom is 0.0441 e. The molecule has 0 spiro atoms. The fourth-order valence-corrected chi connectivity index (χ4v) is 3.70. The first-order valence-corrected chi connectivity index (χ1v) is 11.1. The number of hydrogen-bond donors (Lipinski definition) is 0. The van der Waals surface area contributed by atoms with Gasteiger partial charge in [0, 0.05) is 45.0 Å². The fourth-order valence-electron chi connectivity index (χ4n) is 3.70. The molecule has 0 aromatic heterocycles. The molecule has 0 fully saturated rings. The Hall–Kier alpha value is -2.48. The average Bonchev–Trinajstić information content (AvgIpc) is 2.77. The zero-order valence-corrected chi connectivity index (χ0v) is 20.2. The summed E-state index contributed by atoms with van der Waals surface area (Å²) in [6.07, 6.45) is 1.01. The zero-order chi connectivity index (χ0) is 22.1. The molecular weight excluding hydrogens is 352 g/mol. The Bertz CT molecular complexity index is 908. The minimum absolute atomic E-state index is 1.01. The highest BCUT2D eigenvalue weighted by molar-refractivity contribution is 6.07. The molecule has 0 saturated heterocycles. The van der Waals surface area contributed by atoms with E-state index in [0.29, 0.717) is 0 Å². The van der Waals surface area contributed by atoms with Crippen molar-refractivity contribution in [1.29, 1.82) is 0 Å². The Morgan fingerprint density at radius 3 is 1.83 bits per heavy atom. The molecule has 2 nitrogen and oxygen atoms in total. The summed E-state index contributed by atoms with van der Waals surface area (Å²) in [6, 6.07) is 18.1. The Balaban J connectivity index is 0.000000644. The fraction of sp³-hybridized carbons (Fsp3) is 0.407. The van der Waals surface area contributed by atoms with Crippen molar-refractivity contribution in [1.82, 2.24) is 0 Å². The monoisotopic (exact) mass is 392 g/mol. The number of fused-ring (bicyclic) bond motifs is 2. The SMILES string of the molecule is CC.CC.CC.CN(C)c1ccc2c(c1)Cc1cccc3c(N(C)C)ccc-2c13. The summed E-state index contributed by atoms with van der Waals surface area (Å²) < 4.78 is 0. The first kappa shape index (κ1) is 24.6. The Labute approximate surface area is 179 Å². The smallest absolute Gasteiger partial charge is 0.0441 e. The van der Waals surface area contributed by atoms with Crippen LogP contribution in [-0.2, 0) is 6.42 Å². The van der Waals surface area contributed by atoms with Crippen LogP contribution in [0.5, 0.6) is 0 Å². The summed E-state index contributed by atoms with van der Waals surface area (Å²) >= 11 is 0. The van der Waals surface area contributed by atoms with Gasteiger partial charge < -0.3 is 9.80 Å². The van der Waals surface area contributed by atoms with Crippen molar-refractivity contribution in [2.75, 3.05) is 38.0 Å². The second kappa shape index (κ2) is 11.5. The average molecular weight is 393 g/mol. The zero-order valence-electron chi connectivity index (χ0n) is 20.2. The number of benzene rings is 3. The van der Waals surface area contributed by atoms with Crippen LogP contribution in [0.4, 0.5) is 11.4 Å². The molecule has 1 aliphatic rings. The van der Waals surface area contributed by atoms with Crippen LogP contribution < -0.4 is 9.80 Å². The van der Waals surface area contributed by atoms with Crippen molar-refractivity contribution in [3.8, 4) is 11.1 Å². The van der Waals surface area contributed by atoms with Crippen LogP contribution in [0.25, 0.3) is 21.9 Å². The van der Waals surface area contributed by atoms with Gasteiger partial charge in [-0.3, -0.25) is 0 Å². The van der Waals surface area contributed by atoms with Gasteiger partial charge in [0.15, 0.2) is 0 Å². The highest BCUT2D eigenvalue weighted by Crippen LogP contribution is 2.43. The molecule has 2 heteroatoms. The number of anilines is 2. The molecule has 158 valence electrons. The van der Waals surface area contributed by atoms with Crippen LogP contribution in [0.15, 0.2) is 48.5 Å². The van der Waals surface area contributed by atoms with E-state index in [9.17, 15) is 0 Å². The number of hydrogen-bond acceptors (Lipinski definition) is 2. The Morgan fingerprint density at radius 2 is 1.24 bits per heavy atom. The highest BCUT2D eigenvalue weighted by Gasteiger charge is 2.20. The Kier molecular flexibility index (Phi) is 9.74. The van der Waals surface area contributed by atoms with Crippen molar-refractivity contribution in [3.05, 3.63) is 59.7 Å². The van der Waals surface area contributed by atoms with Gasteiger partial charge in [-0.1, -0.05) is 71.9 Å². The molecule has 0 bridgehead atoms. The van der Waals surface area contributed by atoms with Crippen molar-refractivity contribution in [2.45, 2.75) is 48.0 Å². The van der Waals surface area contributed by atoms with Crippen LogP contribution in [0.1, 0.15) is 52.7 Å². The van der Waals surface area contributed by atoms with Crippen LogP contribution in [0.2, 0.25) is 0 Å². The van der Waals surface area contributed by atoms with Gasteiger partial charge in [-0.2, -0.15) is 0 Å². The van der Waals surface area contributed by atoms with Gasteiger partial charge in [-0.15, -0.1) is 0 Å². The van der Waals surface area contributed by atoms with Gasteiger partial charge in [0.2, 0.25) is 0 Å². The van der Waals surface area contributed by atoms with E-state index in [2.05, 4.69) is 86.5 Å². The highest BCUT2D eigenvalue weighted by atomic mass is 15.1. The third-order valence-corrected chi connectivity index (χ3v) is 4.86. The van der Waals surface area contributed by atoms with E-state index >= 15 is 0 Å². The van der Waals surface area contributed by atoms with Crippen molar-refractivity contribution < 1.29 is 0 Å². The molecule has 0 radical (unpaired) electrons. The molecule has 29 heavy (non-hydrogen) atoms. The van der Waals surface area contributed by atoms with E-state index in [-0.39, 0.29) is 0 Å². The second-order valence-corrected chi connectivity index (χ2v) is 6.78. The molecule has 1 aliphatic carbocycles.